The molecule has 7 rings (SSSR count). The number of unbranched alkanes of at least 4 members (excludes halogenated alkanes) is 1. The van der Waals surface area contributed by atoms with Gasteiger partial charge in [-0.2, -0.15) is 8.78 Å². The molecule has 2 amide bonds. The summed E-state index contributed by atoms with van der Waals surface area (Å²) in [6, 6.07) is 28.8. The number of hydrogen-bond donors (Lipinski definition) is 2. The van der Waals surface area contributed by atoms with Crippen molar-refractivity contribution < 1.29 is 53.9 Å². The largest absolute Gasteiger partial charge is 0.454 e. The fourth-order valence-corrected chi connectivity index (χ4v) is 9.40. The zero-order valence-electron chi connectivity index (χ0n) is 33.6. The molecule has 2 aliphatic heterocycles. The standard InChI is InChI=1S/C26H28N2O6S.C17H14F2N2O4S/c1-5-6-14-28-24(29)22(23(35(28,31)32)17-10-8-7-9-11-17)27-19-13-12-18-15-21(33-20(18)16-19)25(30)34-26(2,3)4;1-21-16(22)14(15(26(21,23)24)11-5-3-2-4-6-11)20-12-7-9-13(10-8-12)25-17(18)19/h7-13,15-16,27H,5-6,14H2,1-4H3;2-10,17,20H,1H3. The number of fused-ring (bicyclic) bond motifs is 1. The van der Waals surface area contributed by atoms with Crippen LogP contribution in [0.4, 0.5) is 20.2 Å². The first-order chi connectivity index (χ1) is 28.8. The van der Waals surface area contributed by atoms with Gasteiger partial charge in [-0.1, -0.05) is 74.0 Å². The number of nitrogens with one attached hydrogen (secondary N) is 2. The van der Waals surface area contributed by atoms with Gasteiger partial charge in [-0.05, 0) is 80.8 Å². The van der Waals surface area contributed by atoms with Gasteiger partial charge in [-0.15, -0.1) is 0 Å². The van der Waals surface area contributed by atoms with Crippen molar-refractivity contribution in [3.05, 3.63) is 137 Å². The van der Waals surface area contributed by atoms with Gasteiger partial charge in [0, 0.05) is 36.4 Å². The number of hydrogen-bond acceptors (Lipinski definition) is 12. The Labute approximate surface area is 351 Å². The highest BCUT2D eigenvalue weighted by molar-refractivity contribution is 8.00. The van der Waals surface area contributed by atoms with Crippen molar-refractivity contribution in [3.63, 3.8) is 0 Å². The predicted molar refractivity (Wildman–Crippen MR) is 226 cm³/mol. The van der Waals surface area contributed by atoms with Crippen LogP contribution < -0.4 is 15.4 Å². The summed E-state index contributed by atoms with van der Waals surface area (Å²) < 4.78 is 93.2. The van der Waals surface area contributed by atoms with Crippen molar-refractivity contribution in [2.45, 2.75) is 52.7 Å². The summed E-state index contributed by atoms with van der Waals surface area (Å²) in [5.74, 6) is -1.89. The third-order valence-corrected chi connectivity index (χ3v) is 12.8. The second kappa shape index (κ2) is 17.6. The number of rotatable bonds is 12. The maximum atomic E-state index is 13.4. The number of halogens is 2. The fourth-order valence-electron chi connectivity index (χ4n) is 6.26. The molecule has 0 bridgehead atoms. The second-order valence-electron chi connectivity index (χ2n) is 14.7. The van der Waals surface area contributed by atoms with E-state index in [0.29, 0.717) is 44.2 Å². The van der Waals surface area contributed by atoms with Gasteiger partial charge in [0.15, 0.2) is 0 Å². The maximum absolute atomic E-state index is 13.4. The summed E-state index contributed by atoms with van der Waals surface area (Å²) >= 11 is 0. The number of anilines is 2. The van der Waals surface area contributed by atoms with Crippen LogP contribution in [0.3, 0.4) is 0 Å². The summed E-state index contributed by atoms with van der Waals surface area (Å²) in [6.07, 6.45) is 1.31. The Kier molecular flexibility index (Phi) is 12.7. The highest BCUT2D eigenvalue weighted by Crippen LogP contribution is 2.38. The Bertz CT molecular complexity index is 2750. The molecule has 61 heavy (non-hydrogen) atoms. The third kappa shape index (κ3) is 9.60. The minimum absolute atomic E-state index is 0.0226. The summed E-state index contributed by atoms with van der Waals surface area (Å²) in [4.78, 5) is 37.8. The van der Waals surface area contributed by atoms with Gasteiger partial charge < -0.3 is 24.5 Å². The monoisotopic (exact) mass is 876 g/mol. The zero-order chi connectivity index (χ0) is 44.3. The average Bonchev–Trinajstić information content (AvgIpc) is 3.77. The van der Waals surface area contributed by atoms with Crippen molar-refractivity contribution in [2.24, 2.45) is 0 Å². The van der Waals surface area contributed by atoms with Crippen LogP contribution in [0.1, 0.15) is 62.2 Å². The van der Waals surface area contributed by atoms with Crippen LogP contribution >= 0.6 is 0 Å². The van der Waals surface area contributed by atoms with E-state index in [1.165, 1.54) is 31.3 Å². The van der Waals surface area contributed by atoms with Crippen LogP contribution in [0.2, 0.25) is 0 Å². The van der Waals surface area contributed by atoms with E-state index in [1.54, 1.807) is 106 Å². The molecule has 0 saturated heterocycles. The summed E-state index contributed by atoms with van der Waals surface area (Å²) in [5, 5.41) is 6.45. The lowest BCUT2D eigenvalue weighted by atomic mass is 10.1. The first-order valence-corrected chi connectivity index (χ1v) is 21.8. The maximum Gasteiger partial charge on any atom is 0.387 e. The molecule has 2 aliphatic rings. The summed E-state index contributed by atoms with van der Waals surface area (Å²) in [5.41, 5.74) is 1.20. The number of benzene rings is 4. The molecule has 1 aromatic heterocycles. The van der Waals surface area contributed by atoms with Crippen molar-refractivity contribution in [1.29, 1.82) is 0 Å². The zero-order valence-corrected chi connectivity index (χ0v) is 35.3. The SMILES string of the molecule is CCCCN1C(=O)C(Nc2ccc3cc(C(=O)OC(C)(C)C)oc3c2)=C(c2ccccc2)S1(=O)=O.CN1C(=O)C(Nc2ccc(OC(F)F)cc2)=C(c2ccccc2)S1(=O)=O. The minimum Gasteiger partial charge on any atom is -0.454 e. The van der Waals surface area contributed by atoms with Crippen molar-refractivity contribution in [1.82, 2.24) is 8.61 Å². The van der Waals surface area contributed by atoms with Gasteiger partial charge >= 0.3 is 12.6 Å². The fraction of sp³-hybridized carbons (Fsp3) is 0.233. The number of sulfonamides is 2. The first-order valence-electron chi connectivity index (χ1n) is 18.9. The van der Waals surface area contributed by atoms with Crippen LogP contribution in [0, 0.1) is 0 Å². The van der Waals surface area contributed by atoms with E-state index < -0.39 is 50.0 Å². The number of furan rings is 1. The van der Waals surface area contributed by atoms with E-state index in [9.17, 15) is 40.0 Å². The highest BCUT2D eigenvalue weighted by Gasteiger charge is 2.44. The van der Waals surface area contributed by atoms with Crippen molar-refractivity contribution >= 4 is 70.0 Å². The molecule has 0 radical (unpaired) electrons. The van der Waals surface area contributed by atoms with Crippen LogP contribution in [-0.2, 0) is 34.4 Å². The van der Waals surface area contributed by atoms with E-state index in [1.807, 2.05) is 6.92 Å². The topological polar surface area (TPSA) is 182 Å². The Morgan fingerprint density at radius 3 is 1.85 bits per heavy atom. The van der Waals surface area contributed by atoms with Crippen molar-refractivity contribution in [2.75, 3.05) is 24.2 Å². The van der Waals surface area contributed by atoms with Gasteiger partial charge in [0.2, 0.25) is 5.76 Å². The Balaban J connectivity index is 0.000000213. The number of carbonyl (C=O) groups is 3. The normalized spacial score (nSPS) is 15.9. The number of amides is 2. The predicted octanol–water partition coefficient (Wildman–Crippen LogP) is 8.01. The number of nitrogens with zero attached hydrogens (tertiary/aromatic N) is 2. The van der Waals surface area contributed by atoms with Crippen LogP contribution in [0.25, 0.3) is 20.8 Å². The van der Waals surface area contributed by atoms with Crippen molar-refractivity contribution in [3.8, 4) is 5.75 Å². The molecule has 18 heteroatoms. The molecule has 320 valence electrons. The molecule has 0 spiro atoms. The van der Waals surface area contributed by atoms with Crippen LogP contribution in [-0.4, -0.2) is 69.0 Å². The molecular weight excluding hydrogens is 835 g/mol. The summed E-state index contributed by atoms with van der Waals surface area (Å²) in [7, 11) is -6.83. The van der Waals surface area contributed by atoms with E-state index in [-0.39, 0.29) is 39.3 Å². The van der Waals surface area contributed by atoms with E-state index >= 15 is 0 Å². The number of carbonyl (C=O) groups excluding carboxylic acids is 3. The molecule has 0 unspecified atom stereocenters. The van der Waals surface area contributed by atoms with Gasteiger partial charge in [0.05, 0.1) is 0 Å². The summed E-state index contributed by atoms with van der Waals surface area (Å²) in [6.45, 7) is 4.40. The van der Waals surface area contributed by atoms with E-state index in [0.717, 1.165) is 10.7 Å². The first kappa shape index (κ1) is 44.0. The number of ether oxygens (including phenoxy) is 2. The van der Waals surface area contributed by atoms with Gasteiger partial charge in [0.25, 0.3) is 31.9 Å². The third-order valence-electron chi connectivity index (χ3n) is 9.09. The smallest absolute Gasteiger partial charge is 0.387 e. The molecule has 0 saturated carbocycles. The Morgan fingerprint density at radius 2 is 1.30 bits per heavy atom. The lowest BCUT2D eigenvalue weighted by Crippen LogP contribution is -2.33. The van der Waals surface area contributed by atoms with Gasteiger partial charge in [-0.25, -0.2) is 30.2 Å². The molecular formula is C43H42F2N4O10S2. The second-order valence-corrected chi connectivity index (χ2v) is 18.4. The molecule has 2 N–H and O–H groups in total. The minimum atomic E-state index is -4.02. The van der Waals surface area contributed by atoms with Gasteiger partial charge in [0.1, 0.15) is 38.1 Å². The quantitative estimate of drug-likeness (QED) is 0.115. The Hall–Kier alpha value is -6.53. The number of likely N-dealkylation sites (N-methyl/N-ethyl adjacent to an activating group) is 1. The molecule has 14 nitrogen and oxygen atoms in total. The lowest BCUT2D eigenvalue weighted by molar-refractivity contribution is -0.122. The molecule has 0 atom stereocenters. The molecule has 4 aromatic carbocycles. The van der Waals surface area contributed by atoms with Crippen LogP contribution in [0.5, 0.6) is 5.75 Å². The molecule has 3 heterocycles. The van der Waals surface area contributed by atoms with E-state index in [4.69, 9.17) is 9.15 Å². The van der Waals surface area contributed by atoms with E-state index in [2.05, 4.69) is 15.4 Å². The molecule has 5 aromatic rings. The van der Waals surface area contributed by atoms with Crippen LogP contribution in [0.15, 0.2) is 125 Å². The number of esters is 1. The highest BCUT2D eigenvalue weighted by atomic mass is 32.2. The average molecular weight is 877 g/mol. The van der Waals surface area contributed by atoms with Gasteiger partial charge in [-0.3, -0.25) is 9.59 Å². The molecule has 0 fully saturated rings. The molecule has 0 aliphatic carbocycles. The lowest BCUT2D eigenvalue weighted by Gasteiger charge is -2.18. The number of alkyl halides is 2. The Morgan fingerprint density at radius 1 is 0.754 bits per heavy atom.